The average molecular weight is 682 g/mol. The molecule has 5 atom stereocenters. The number of aromatic nitrogens is 2. The number of carbonyl (C=O) groups excluding carboxylic acids is 5. The van der Waals surface area contributed by atoms with E-state index in [2.05, 4.69) is 20.8 Å². The van der Waals surface area contributed by atoms with E-state index >= 15 is 0 Å². The molecular weight excluding hydrogens is 638 g/mol. The molecule has 49 heavy (non-hydrogen) atoms. The molecule has 2 aliphatic heterocycles. The van der Waals surface area contributed by atoms with Gasteiger partial charge >= 0.3 is 12.1 Å². The second-order valence-corrected chi connectivity index (χ2v) is 12.3. The molecule has 2 bridgehead atoms. The second-order valence-electron chi connectivity index (χ2n) is 12.3. The molecule has 2 aromatic rings. The molecule has 2 aromatic heterocycles. The summed E-state index contributed by atoms with van der Waals surface area (Å²) in [5.74, 6) is -1.89. The van der Waals surface area contributed by atoms with E-state index in [1.165, 1.54) is 17.1 Å². The number of aliphatic hydroxyl groups excluding tert-OH is 1. The molecule has 1 fully saturated rings. The van der Waals surface area contributed by atoms with Crippen molar-refractivity contribution in [3.63, 3.8) is 0 Å². The number of rotatable bonds is 5. The smallest absolute Gasteiger partial charge is 0.412 e. The van der Waals surface area contributed by atoms with Gasteiger partial charge < -0.3 is 33.7 Å². The first kappa shape index (κ1) is 36.8. The van der Waals surface area contributed by atoms with Crippen LogP contribution < -0.4 is 10.6 Å². The van der Waals surface area contributed by atoms with Gasteiger partial charge in [-0.2, -0.15) is 0 Å². The van der Waals surface area contributed by atoms with Gasteiger partial charge in [-0.3, -0.25) is 19.7 Å². The Labute approximate surface area is 283 Å². The summed E-state index contributed by atoms with van der Waals surface area (Å²) in [5, 5.41) is 19.3. The van der Waals surface area contributed by atoms with Crippen molar-refractivity contribution in [2.45, 2.75) is 78.0 Å². The van der Waals surface area contributed by atoms with Crippen LogP contribution in [0.2, 0.25) is 0 Å². The minimum Gasteiger partial charge on any atom is -0.460 e. The number of oxazole rings is 1. The van der Waals surface area contributed by atoms with E-state index < -0.39 is 42.1 Å². The Morgan fingerprint density at radius 3 is 2.78 bits per heavy atom. The molecular formula is C34H43N5O10. The first-order chi connectivity index (χ1) is 23.4. The SMILES string of the molecule is CC1=C\[C@@H](O)CC(=O)Cc2nc(co2)C(=O)N2CCC[C@@H]2C(=O)O[C@H]([C@H](C)CCOC(=O)Nc2cc(C)on2)[C@H](C)/C=C/C(=O)NC\C=C\1. The molecule has 264 valence electrons. The predicted molar refractivity (Wildman–Crippen MR) is 174 cm³/mol. The van der Waals surface area contributed by atoms with Crippen LogP contribution in [0.15, 0.2) is 57.2 Å². The third kappa shape index (κ3) is 11.0. The van der Waals surface area contributed by atoms with Crippen LogP contribution in [0, 0.1) is 18.8 Å². The molecule has 15 nitrogen and oxygen atoms in total. The van der Waals surface area contributed by atoms with Crippen molar-refractivity contribution in [3.8, 4) is 0 Å². The van der Waals surface area contributed by atoms with Gasteiger partial charge in [-0.05, 0) is 45.1 Å². The minimum absolute atomic E-state index is 0.00291. The second kappa shape index (κ2) is 17.4. The molecule has 0 aliphatic carbocycles. The fourth-order valence-corrected chi connectivity index (χ4v) is 5.62. The number of ether oxygens (including phenoxy) is 2. The van der Waals surface area contributed by atoms with Crippen LogP contribution in [0.25, 0.3) is 0 Å². The van der Waals surface area contributed by atoms with Crippen LogP contribution in [0.4, 0.5) is 10.6 Å². The van der Waals surface area contributed by atoms with Crippen LogP contribution in [0.1, 0.15) is 68.6 Å². The molecule has 3 amide bonds. The Hall–Kier alpha value is -5.05. The number of carbonyl (C=O) groups is 5. The number of amides is 3. The highest BCUT2D eigenvalue weighted by Gasteiger charge is 2.39. The van der Waals surface area contributed by atoms with Crippen molar-refractivity contribution in [2.75, 3.05) is 25.0 Å². The fourth-order valence-electron chi connectivity index (χ4n) is 5.62. The Bertz CT molecular complexity index is 1590. The van der Waals surface area contributed by atoms with Crippen LogP contribution in [-0.2, 0) is 30.3 Å². The number of fused-ring (bicyclic) bond motifs is 3. The number of cyclic esters (lactones) is 1. The molecule has 0 saturated carbocycles. The normalized spacial score (nSPS) is 26.1. The van der Waals surface area contributed by atoms with E-state index in [1.54, 1.807) is 45.1 Å². The van der Waals surface area contributed by atoms with Crippen molar-refractivity contribution >= 4 is 35.5 Å². The summed E-state index contributed by atoms with van der Waals surface area (Å²) in [6.45, 7) is 7.57. The maximum absolute atomic E-state index is 13.6. The quantitative estimate of drug-likeness (QED) is 0.389. The van der Waals surface area contributed by atoms with Gasteiger partial charge in [-0.15, -0.1) is 0 Å². The highest BCUT2D eigenvalue weighted by molar-refractivity contribution is 5.95. The molecule has 15 heteroatoms. The summed E-state index contributed by atoms with van der Waals surface area (Å²) in [4.78, 5) is 70.0. The Balaban J connectivity index is 1.51. The fraction of sp³-hybridized carbons (Fsp3) is 0.500. The average Bonchev–Trinajstić information content (AvgIpc) is 3.81. The van der Waals surface area contributed by atoms with E-state index in [4.69, 9.17) is 18.4 Å². The molecule has 0 unspecified atom stereocenters. The first-order valence-electron chi connectivity index (χ1n) is 16.2. The number of nitrogens with zero attached hydrogens (tertiary/aromatic N) is 3. The van der Waals surface area contributed by atoms with Gasteiger partial charge in [0.15, 0.2) is 11.5 Å². The Morgan fingerprint density at radius 2 is 2.02 bits per heavy atom. The zero-order chi connectivity index (χ0) is 35.5. The number of esters is 1. The number of hydrogen-bond acceptors (Lipinski definition) is 12. The number of allylic oxidation sites excluding steroid dienone is 2. The van der Waals surface area contributed by atoms with Gasteiger partial charge in [0.05, 0.1) is 19.1 Å². The summed E-state index contributed by atoms with van der Waals surface area (Å²) >= 11 is 0. The highest BCUT2D eigenvalue weighted by Crippen LogP contribution is 2.27. The lowest BCUT2D eigenvalue weighted by Crippen LogP contribution is -2.44. The summed E-state index contributed by atoms with van der Waals surface area (Å²) < 4.78 is 21.7. The molecule has 4 rings (SSSR count). The van der Waals surface area contributed by atoms with E-state index in [9.17, 15) is 29.1 Å². The summed E-state index contributed by atoms with van der Waals surface area (Å²) in [5.41, 5.74) is 0.639. The zero-order valence-corrected chi connectivity index (χ0v) is 28.0. The number of aliphatic hydroxyl groups is 1. The predicted octanol–water partition coefficient (Wildman–Crippen LogP) is 3.45. The highest BCUT2D eigenvalue weighted by atomic mass is 16.6. The standard InChI is InChI=1S/C34H43N5O10/c1-20-7-5-12-35-29(42)10-9-21(2)31(22(3)11-14-46-34(45)37-28-16-23(4)49-38-28)48-33(44)27-8-6-13-39(27)32(43)26-19-47-30(36-26)18-25(41)17-24(40)15-20/h5,7,9-10,15-16,19,21-22,24,27,31,40H,6,8,11-14,17-18H2,1-4H3,(H,35,42)(H,37,38,45)/b7-5+,10-9+,20-15+/t21-,22-,24-,27-,31+/m1/s1. The van der Waals surface area contributed by atoms with E-state index in [-0.39, 0.29) is 67.5 Å². The third-order valence-corrected chi connectivity index (χ3v) is 8.12. The van der Waals surface area contributed by atoms with E-state index in [0.29, 0.717) is 30.6 Å². The Morgan fingerprint density at radius 1 is 1.22 bits per heavy atom. The minimum atomic E-state index is -1.05. The lowest BCUT2D eigenvalue weighted by molar-refractivity contribution is -0.158. The number of anilines is 1. The topological polar surface area (TPSA) is 203 Å². The molecule has 0 radical (unpaired) electrons. The van der Waals surface area contributed by atoms with Gasteiger partial charge in [0.1, 0.15) is 30.0 Å². The maximum Gasteiger partial charge on any atom is 0.412 e. The van der Waals surface area contributed by atoms with Crippen LogP contribution in [0.5, 0.6) is 0 Å². The maximum atomic E-state index is 13.6. The van der Waals surface area contributed by atoms with Crippen LogP contribution in [-0.4, -0.2) is 87.8 Å². The monoisotopic (exact) mass is 681 g/mol. The summed E-state index contributed by atoms with van der Waals surface area (Å²) in [7, 11) is 0. The first-order valence-corrected chi connectivity index (χ1v) is 16.2. The van der Waals surface area contributed by atoms with Gasteiger partial charge in [0.2, 0.25) is 11.8 Å². The number of Topliss-reactive ketones (excluding diaryl/α,β-unsaturated/α-hetero) is 1. The van der Waals surface area contributed by atoms with Gasteiger partial charge in [0.25, 0.3) is 5.91 Å². The Kier molecular flexibility index (Phi) is 13.0. The summed E-state index contributed by atoms with van der Waals surface area (Å²) in [6, 6.07) is 0.650. The van der Waals surface area contributed by atoms with Crippen LogP contribution >= 0.6 is 0 Å². The van der Waals surface area contributed by atoms with E-state index in [1.807, 2.05) is 6.92 Å². The van der Waals surface area contributed by atoms with Crippen molar-refractivity contribution < 1.29 is 47.5 Å². The number of ketones is 1. The van der Waals surface area contributed by atoms with Crippen molar-refractivity contribution in [3.05, 3.63) is 65.6 Å². The van der Waals surface area contributed by atoms with Gasteiger partial charge in [-0.25, -0.2) is 14.6 Å². The van der Waals surface area contributed by atoms with Gasteiger partial charge in [-0.1, -0.05) is 48.9 Å². The van der Waals surface area contributed by atoms with E-state index in [0.717, 1.165) is 6.26 Å². The summed E-state index contributed by atoms with van der Waals surface area (Å²) in [6.07, 6.45) is 7.39. The van der Waals surface area contributed by atoms with Gasteiger partial charge in [0, 0.05) is 31.5 Å². The number of hydrogen-bond donors (Lipinski definition) is 3. The molecule has 3 N–H and O–H groups in total. The number of aryl methyl sites for hydroxylation is 1. The molecule has 0 aromatic carbocycles. The molecule has 4 heterocycles. The molecule has 0 spiro atoms. The van der Waals surface area contributed by atoms with Crippen molar-refractivity contribution in [1.82, 2.24) is 20.4 Å². The largest absolute Gasteiger partial charge is 0.460 e. The third-order valence-electron chi connectivity index (χ3n) is 8.12. The lowest BCUT2D eigenvalue weighted by Gasteiger charge is -2.31. The van der Waals surface area contributed by atoms with Crippen molar-refractivity contribution in [1.29, 1.82) is 0 Å². The zero-order valence-electron chi connectivity index (χ0n) is 28.0. The molecule has 1 saturated heterocycles. The van der Waals surface area contributed by atoms with Crippen LogP contribution in [0.3, 0.4) is 0 Å². The number of nitrogens with one attached hydrogen (secondary N) is 2. The lowest BCUT2D eigenvalue weighted by atomic mass is 9.90. The molecule has 2 aliphatic rings. The van der Waals surface area contributed by atoms with Crippen molar-refractivity contribution in [2.24, 2.45) is 11.8 Å².